The van der Waals surface area contributed by atoms with Crippen LogP contribution < -0.4 is 5.32 Å². The minimum absolute atomic E-state index is 0.357. The van der Waals surface area contributed by atoms with Gasteiger partial charge in [0.15, 0.2) is 0 Å². The summed E-state index contributed by atoms with van der Waals surface area (Å²) >= 11 is 0. The predicted octanol–water partition coefficient (Wildman–Crippen LogP) is 2.93. The van der Waals surface area contributed by atoms with Crippen LogP contribution in [0.3, 0.4) is 0 Å². The zero-order valence-corrected chi connectivity index (χ0v) is 11.8. The number of aliphatic carboxylic acids is 1. The third-order valence-electron chi connectivity index (χ3n) is 3.94. The summed E-state index contributed by atoms with van der Waals surface area (Å²) in [7, 11) is 0. The van der Waals surface area contributed by atoms with Crippen molar-refractivity contribution in [2.75, 3.05) is 11.9 Å². The largest absolute Gasteiger partial charge is 0.481 e. The number of nitrogens with zero attached hydrogens (tertiary/aromatic N) is 2. The van der Waals surface area contributed by atoms with E-state index in [9.17, 15) is 9.90 Å². The van der Waals surface area contributed by atoms with Crippen molar-refractivity contribution in [2.45, 2.75) is 26.7 Å². The second kappa shape index (κ2) is 5.86. The van der Waals surface area contributed by atoms with Crippen LogP contribution in [0, 0.1) is 5.41 Å². The molecule has 5 nitrogen and oxygen atoms in total. The van der Waals surface area contributed by atoms with Gasteiger partial charge in [-0.05, 0) is 25.0 Å². The SMILES string of the molecule is CCC(CC)(CNc1ncnc2ccccc12)C(=O)O. The maximum atomic E-state index is 11.5. The van der Waals surface area contributed by atoms with Gasteiger partial charge in [0.25, 0.3) is 0 Å². The molecule has 0 aliphatic heterocycles. The molecule has 5 heteroatoms. The molecular weight excluding hydrogens is 254 g/mol. The molecule has 0 radical (unpaired) electrons. The minimum Gasteiger partial charge on any atom is -0.481 e. The summed E-state index contributed by atoms with van der Waals surface area (Å²) in [5.41, 5.74) is 0.0883. The van der Waals surface area contributed by atoms with Crippen LogP contribution in [0.15, 0.2) is 30.6 Å². The van der Waals surface area contributed by atoms with Crippen molar-refractivity contribution in [1.29, 1.82) is 0 Å². The van der Waals surface area contributed by atoms with Crippen LogP contribution in [0.4, 0.5) is 5.82 Å². The number of hydrogen-bond acceptors (Lipinski definition) is 4. The highest BCUT2D eigenvalue weighted by atomic mass is 16.4. The van der Waals surface area contributed by atoms with Gasteiger partial charge in [-0.1, -0.05) is 26.0 Å². The lowest BCUT2D eigenvalue weighted by molar-refractivity contribution is -0.148. The van der Waals surface area contributed by atoms with Crippen LogP contribution in [0.2, 0.25) is 0 Å². The highest BCUT2D eigenvalue weighted by Gasteiger charge is 2.34. The number of benzene rings is 1. The molecule has 0 saturated carbocycles. The summed E-state index contributed by atoms with van der Waals surface area (Å²) in [6.07, 6.45) is 2.65. The van der Waals surface area contributed by atoms with E-state index < -0.39 is 11.4 Å². The van der Waals surface area contributed by atoms with Crippen LogP contribution in [-0.4, -0.2) is 27.6 Å². The number of hydrogen-bond donors (Lipinski definition) is 2. The zero-order chi connectivity index (χ0) is 14.6. The zero-order valence-electron chi connectivity index (χ0n) is 11.8. The normalized spacial score (nSPS) is 11.5. The monoisotopic (exact) mass is 273 g/mol. The van der Waals surface area contributed by atoms with Crippen molar-refractivity contribution in [3.8, 4) is 0 Å². The number of para-hydroxylation sites is 1. The maximum Gasteiger partial charge on any atom is 0.311 e. The molecule has 0 bridgehead atoms. The Hall–Kier alpha value is -2.17. The van der Waals surface area contributed by atoms with E-state index in [1.54, 1.807) is 0 Å². The minimum atomic E-state index is -0.770. The number of fused-ring (bicyclic) bond motifs is 1. The lowest BCUT2D eigenvalue weighted by atomic mass is 9.82. The van der Waals surface area contributed by atoms with Crippen LogP contribution in [0.25, 0.3) is 10.9 Å². The van der Waals surface area contributed by atoms with Gasteiger partial charge in [0.05, 0.1) is 10.9 Å². The molecule has 0 aliphatic rings. The van der Waals surface area contributed by atoms with E-state index in [4.69, 9.17) is 0 Å². The van der Waals surface area contributed by atoms with Crippen molar-refractivity contribution >= 4 is 22.7 Å². The number of carboxylic acids is 1. The molecular formula is C15H19N3O2. The first kappa shape index (κ1) is 14.2. The summed E-state index contributed by atoms with van der Waals surface area (Å²) < 4.78 is 0. The quantitative estimate of drug-likeness (QED) is 0.846. The van der Waals surface area contributed by atoms with Gasteiger partial charge in [-0.3, -0.25) is 4.79 Å². The molecule has 0 unspecified atom stereocenters. The molecule has 0 saturated heterocycles. The number of rotatable bonds is 6. The number of carbonyl (C=O) groups is 1. The van der Waals surface area contributed by atoms with E-state index in [2.05, 4.69) is 15.3 Å². The smallest absolute Gasteiger partial charge is 0.311 e. The molecule has 106 valence electrons. The number of anilines is 1. The van der Waals surface area contributed by atoms with Crippen molar-refractivity contribution in [3.05, 3.63) is 30.6 Å². The fourth-order valence-corrected chi connectivity index (χ4v) is 2.28. The molecule has 1 aromatic carbocycles. The average molecular weight is 273 g/mol. The molecule has 1 aromatic heterocycles. The molecule has 0 amide bonds. The Morgan fingerprint density at radius 2 is 1.95 bits per heavy atom. The van der Waals surface area contributed by atoms with Crippen LogP contribution in [-0.2, 0) is 4.79 Å². The highest BCUT2D eigenvalue weighted by molar-refractivity contribution is 5.88. The third kappa shape index (κ3) is 2.57. The molecule has 2 aromatic rings. The predicted molar refractivity (Wildman–Crippen MR) is 78.7 cm³/mol. The highest BCUT2D eigenvalue weighted by Crippen LogP contribution is 2.28. The van der Waals surface area contributed by atoms with Gasteiger partial charge in [0.1, 0.15) is 12.1 Å². The van der Waals surface area contributed by atoms with E-state index in [0.29, 0.717) is 25.2 Å². The Morgan fingerprint density at radius 3 is 2.60 bits per heavy atom. The van der Waals surface area contributed by atoms with Gasteiger partial charge >= 0.3 is 5.97 Å². The van der Waals surface area contributed by atoms with Crippen molar-refractivity contribution in [3.63, 3.8) is 0 Å². The lowest BCUT2D eigenvalue weighted by Crippen LogP contribution is -2.37. The van der Waals surface area contributed by atoms with Gasteiger partial charge in [0.2, 0.25) is 0 Å². The van der Waals surface area contributed by atoms with E-state index in [-0.39, 0.29) is 0 Å². The molecule has 0 aliphatic carbocycles. The Balaban J connectivity index is 2.27. The first-order valence-electron chi connectivity index (χ1n) is 6.80. The van der Waals surface area contributed by atoms with Gasteiger partial charge in [-0.25, -0.2) is 9.97 Å². The first-order valence-corrected chi connectivity index (χ1v) is 6.80. The third-order valence-corrected chi connectivity index (χ3v) is 3.94. The lowest BCUT2D eigenvalue weighted by Gasteiger charge is -2.27. The fraction of sp³-hybridized carbons (Fsp3) is 0.400. The van der Waals surface area contributed by atoms with Crippen molar-refractivity contribution in [1.82, 2.24) is 9.97 Å². The van der Waals surface area contributed by atoms with Crippen molar-refractivity contribution in [2.24, 2.45) is 5.41 Å². The summed E-state index contributed by atoms with van der Waals surface area (Å²) in [4.78, 5) is 19.9. The Morgan fingerprint density at radius 1 is 1.25 bits per heavy atom. The number of carboxylic acid groups (broad SMARTS) is 1. The molecule has 0 fully saturated rings. The van der Waals surface area contributed by atoms with Gasteiger partial charge in [-0.2, -0.15) is 0 Å². The van der Waals surface area contributed by atoms with Crippen LogP contribution in [0.1, 0.15) is 26.7 Å². The Bertz CT molecular complexity index is 604. The van der Waals surface area contributed by atoms with Gasteiger partial charge in [-0.15, -0.1) is 0 Å². The molecule has 1 heterocycles. The second-order valence-electron chi connectivity index (χ2n) is 4.89. The van der Waals surface area contributed by atoms with E-state index in [0.717, 1.165) is 10.9 Å². The van der Waals surface area contributed by atoms with Gasteiger partial charge < -0.3 is 10.4 Å². The summed E-state index contributed by atoms with van der Waals surface area (Å²) in [5, 5.41) is 13.5. The average Bonchev–Trinajstić information content (AvgIpc) is 2.48. The van der Waals surface area contributed by atoms with Crippen molar-refractivity contribution < 1.29 is 9.90 Å². The molecule has 2 N–H and O–H groups in total. The Labute approximate surface area is 118 Å². The van der Waals surface area contributed by atoms with Crippen LogP contribution in [0.5, 0.6) is 0 Å². The second-order valence-corrected chi connectivity index (χ2v) is 4.89. The molecule has 0 atom stereocenters. The van der Waals surface area contributed by atoms with Crippen LogP contribution >= 0.6 is 0 Å². The fourth-order valence-electron chi connectivity index (χ4n) is 2.28. The maximum absolute atomic E-state index is 11.5. The standard InChI is InChI=1S/C15H19N3O2/c1-3-15(4-2,14(19)20)9-16-13-11-7-5-6-8-12(11)17-10-18-13/h5-8,10H,3-4,9H2,1-2H3,(H,19,20)(H,16,17,18). The summed E-state index contributed by atoms with van der Waals surface area (Å²) in [6.45, 7) is 4.16. The Kier molecular flexibility index (Phi) is 4.17. The summed E-state index contributed by atoms with van der Waals surface area (Å²) in [6, 6.07) is 7.67. The van der Waals surface area contributed by atoms with Gasteiger partial charge in [0, 0.05) is 11.9 Å². The van der Waals surface area contributed by atoms with E-state index in [1.807, 2.05) is 38.1 Å². The first-order chi connectivity index (χ1) is 9.63. The van der Waals surface area contributed by atoms with E-state index >= 15 is 0 Å². The van der Waals surface area contributed by atoms with E-state index in [1.165, 1.54) is 6.33 Å². The number of aromatic nitrogens is 2. The molecule has 20 heavy (non-hydrogen) atoms. The number of nitrogens with one attached hydrogen (secondary N) is 1. The molecule has 2 rings (SSSR count). The topological polar surface area (TPSA) is 75.1 Å². The summed E-state index contributed by atoms with van der Waals surface area (Å²) in [5.74, 6) is -0.0866. The molecule has 0 spiro atoms.